The smallest absolute Gasteiger partial charge is 0.259 e. The first-order valence-corrected chi connectivity index (χ1v) is 12.6. The topological polar surface area (TPSA) is 97.2 Å². The number of hydrogen-bond acceptors (Lipinski definition) is 6. The van der Waals surface area contributed by atoms with Crippen molar-refractivity contribution in [1.29, 1.82) is 0 Å². The summed E-state index contributed by atoms with van der Waals surface area (Å²) in [6.45, 7) is 4.85. The molecule has 0 aliphatic carbocycles. The summed E-state index contributed by atoms with van der Waals surface area (Å²) in [5.74, 6) is 0.642. The monoisotopic (exact) mass is 455 g/mol. The molecule has 1 aliphatic rings. The molecule has 32 heavy (non-hydrogen) atoms. The zero-order chi connectivity index (χ0) is 22.9. The average molecular weight is 456 g/mol. The van der Waals surface area contributed by atoms with Crippen molar-refractivity contribution in [1.82, 2.24) is 18.8 Å². The van der Waals surface area contributed by atoms with E-state index >= 15 is 0 Å². The second kappa shape index (κ2) is 8.99. The Balaban J connectivity index is 1.55. The molecule has 0 radical (unpaired) electrons. The van der Waals surface area contributed by atoms with Crippen LogP contribution < -0.4 is 10.9 Å². The molecule has 1 N–H and O–H groups in total. The minimum Gasteiger partial charge on any atom is -0.351 e. The van der Waals surface area contributed by atoms with Crippen molar-refractivity contribution < 1.29 is 8.42 Å². The molecule has 3 aromatic rings. The molecule has 1 aliphatic heterocycles. The molecule has 0 spiro atoms. The first-order valence-electron chi connectivity index (χ1n) is 11.0. The van der Waals surface area contributed by atoms with Crippen LogP contribution in [-0.4, -0.2) is 52.1 Å². The van der Waals surface area contributed by atoms with E-state index in [2.05, 4.69) is 15.3 Å². The molecule has 2 aromatic heterocycles. The molecule has 4 rings (SSSR count). The second-order valence-corrected chi connectivity index (χ2v) is 10.4. The Kier molecular flexibility index (Phi) is 6.30. The number of aromatic nitrogens is 3. The molecule has 0 saturated carbocycles. The summed E-state index contributed by atoms with van der Waals surface area (Å²) in [4.78, 5) is 22.1. The van der Waals surface area contributed by atoms with Gasteiger partial charge >= 0.3 is 0 Å². The second-order valence-electron chi connectivity index (χ2n) is 8.34. The summed E-state index contributed by atoms with van der Waals surface area (Å²) in [6.07, 6.45) is 3.73. The Labute approximate surface area is 188 Å². The number of hydrogen-bond donors (Lipinski definition) is 1. The molecule has 8 nitrogen and oxygen atoms in total. The number of piperidine rings is 1. The Morgan fingerprint density at radius 2 is 1.88 bits per heavy atom. The Morgan fingerprint density at radius 1 is 1.16 bits per heavy atom. The van der Waals surface area contributed by atoms with Gasteiger partial charge in [0.15, 0.2) is 0 Å². The van der Waals surface area contributed by atoms with Gasteiger partial charge in [-0.1, -0.05) is 31.2 Å². The maximum absolute atomic E-state index is 13.0. The minimum atomic E-state index is -3.16. The van der Waals surface area contributed by atoms with Crippen LogP contribution in [0.2, 0.25) is 0 Å². The van der Waals surface area contributed by atoms with Crippen LogP contribution in [0.3, 0.4) is 0 Å². The number of benzene rings is 1. The van der Waals surface area contributed by atoms with E-state index in [1.807, 2.05) is 44.2 Å². The molecular weight excluding hydrogens is 426 g/mol. The van der Waals surface area contributed by atoms with E-state index in [1.54, 1.807) is 22.1 Å². The summed E-state index contributed by atoms with van der Waals surface area (Å²) < 4.78 is 27.7. The maximum Gasteiger partial charge on any atom is 0.259 e. The van der Waals surface area contributed by atoms with Crippen LogP contribution in [-0.2, 0) is 17.1 Å². The molecule has 0 atom stereocenters. The lowest BCUT2D eigenvalue weighted by molar-refractivity contribution is 0.329. The van der Waals surface area contributed by atoms with Crippen LogP contribution in [0.1, 0.15) is 31.7 Å². The number of sulfonamides is 1. The van der Waals surface area contributed by atoms with Gasteiger partial charge in [-0.05, 0) is 43.4 Å². The van der Waals surface area contributed by atoms with Crippen LogP contribution in [0.5, 0.6) is 0 Å². The third-order valence-electron chi connectivity index (χ3n) is 6.03. The van der Waals surface area contributed by atoms with Crippen molar-refractivity contribution in [2.45, 2.75) is 39.2 Å². The predicted molar refractivity (Wildman–Crippen MR) is 127 cm³/mol. The highest BCUT2D eigenvalue weighted by molar-refractivity contribution is 7.89. The minimum absolute atomic E-state index is 0.0868. The van der Waals surface area contributed by atoms with Crippen LogP contribution in [0, 0.1) is 6.92 Å². The van der Waals surface area contributed by atoms with Gasteiger partial charge < -0.3 is 5.32 Å². The molecular formula is C23H29N5O3S. The Morgan fingerprint density at radius 3 is 2.56 bits per heavy atom. The van der Waals surface area contributed by atoms with Gasteiger partial charge in [0.05, 0.1) is 5.75 Å². The lowest BCUT2D eigenvalue weighted by Gasteiger charge is -2.31. The Hall–Kier alpha value is -2.78. The summed E-state index contributed by atoms with van der Waals surface area (Å²) in [7, 11) is -1.44. The first kappa shape index (κ1) is 22.4. The van der Waals surface area contributed by atoms with Gasteiger partial charge in [-0.3, -0.25) is 9.36 Å². The number of rotatable bonds is 6. The highest BCUT2D eigenvalue weighted by Gasteiger charge is 2.27. The van der Waals surface area contributed by atoms with E-state index in [0.29, 0.717) is 49.5 Å². The fourth-order valence-electron chi connectivity index (χ4n) is 4.23. The van der Waals surface area contributed by atoms with E-state index in [9.17, 15) is 13.2 Å². The number of fused-ring (bicyclic) bond motifs is 1. The van der Waals surface area contributed by atoms with Crippen molar-refractivity contribution in [2.75, 3.05) is 24.2 Å². The van der Waals surface area contributed by atoms with Crippen molar-refractivity contribution in [3.8, 4) is 11.1 Å². The van der Waals surface area contributed by atoms with Gasteiger partial charge in [-0.25, -0.2) is 17.7 Å². The quantitative estimate of drug-likeness (QED) is 0.614. The van der Waals surface area contributed by atoms with Crippen molar-refractivity contribution in [3.05, 3.63) is 52.4 Å². The number of nitrogens with zero attached hydrogens (tertiary/aromatic N) is 4. The standard InChI is InChI=1S/C23H29N5O3S/c1-4-13-32(30,31)28-11-9-18(10-12-28)25-23-24-15-17-14-20(19-8-6-5-7-16(19)2)22(29)27(3)21(17)26-23/h5-8,14-15,18H,4,9-13H2,1-3H3,(H,24,25,26). The summed E-state index contributed by atoms with van der Waals surface area (Å²) >= 11 is 0. The SMILES string of the molecule is CCCS(=O)(=O)N1CCC(Nc2ncc3cc(-c4ccccc4C)c(=O)n(C)c3n2)CC1. The predicted octanol–water partition coefficient (Wildman–Crippen LogP) is 2.92. The Bertz CT molecular complexity index is 1290. The molecule has 3 heterocycles. The van der Waals surface area contributed by atoms with E-state index in [4.69, 9.17) is 0 Å². The third-order valence-corrected chi connectivity index (χ3v) is 8.10. The van der Waals surface area contributed by atoms with Gasteiger partial charge in [0.25, 0.3) is 5.56 Å². The lowest BCUT2D eigenvalue weighted by Crippen LogP contribution is -2.43. The lowest BCUT2D eigenvalue weighted by atomic mass is 10.0. The molecule has 1 fully saturated rings. The molecule has 9 heteroatoms. The molecule has 1 saturated heterocycles. The molecule has 0 unspecified atom stereocenters. The average Bonchev–Trinajstić information content (AvgIpc) is 2.77. The normalized spacial score (nSPS) is 15.8. The number of pyridine rings is 1. The fourth-order valence-corrected chi connectivity index (χ4v) is 5.77. The highest BCUT2D eigenvalue weighted by atomic mass is 32.2. The molecule has 170 valence electrons. The van der Waals surface area contributed by atoms with Crippen LogP contribution >= 0.6 is 0 Å². The van der Waals surface area contributed by atoms with Crippen molar-refractivity contribution >= 4 is 27.0 Å². The molecule has 0 amide bonds. The fraction of sp³-hybridized carbons (Fsp3) is 0.435. The van der Waals surface area contributed by atoms with E-state index in [0.717, 1.165) is 16.5 Å². The van der Waals surface area contributed by atoms with Gasteiger partial charge in [-0.2, -0.15) is 4.98 Å². The van der Waals surface area contributed by atoms with E-state index in [1.165, 1.54) is 0 Å². The van der Waals surface area contributed by atoms with E-state index < -0.39 is 10.0 Å². The summed E-state index contributed by atoms with van der Waals surface area (Å²) in [5.41, 5.74) is 3.03. The number of anilines is 1. The van der Waals surface area contributed by atoms with Crippen molar-refractivity contribution in [2.24, 2.45) is 7.05 Å². The molecule has 1 aromatic carbocycles. The largest absolute Gasteiger partial charge is 0.351 e. The zero-order valence-corrected chi connectivity index (χ0v) is 19.5. The van der Waals surface area contributed by atoms with Crippen LogP contribution in [0.4, 0.5) is 5.95 Å². The van der Waals surface area contributed by atoms with E-state index in [-0.39, 0.29) is 17.4 Å². The van der Waals surface area contributed by atoms with Crippen LogP contribution in [0.25, 0.3) is 22.2 Å². The summed E-state index contributed by atoms with van der Waals surface area (Å²) in [6, 6.07) is 9.75. The van der Waals surface area contributed by atoms with Gasteiger partial charge in [0.2, 0.25) is 16.0 Å². The van der Waals surface area contributed by atoms with Gasteiger partial charge in [0, 0.05) is 43.3 Å². The number of aryl methyl sites for hydroxylation is 2. The zero-order valence-electron chi connectivity index (χ0n) is 18.7. The third kappa shape index (κ3) is 4.40. The first-order chi connectivity index (χ1) is 15.3. The summed E-state index contributed by atoms with van der Waals surface area (Å²) in [5, 5.41) is 4.11. The molecule has 0 bridgehead atoms. The maximum atomic E-state index is 13.0. The van der Waals surface area contributed by atoms with Gasteiger partial charge in [-0.15, -0.1) is 0 Å². The van der Waals surface area contributed by atoms with Crippen molar-refractivity contribution in [3.63, 3.8) is 0 Å². The highest BCUT2D eigenvalue weighted by Crippen LogP contribution is 2.24. The number of nitrogens with one attached hydrogen (secondary N) is 1. The van der Waals surface area contributed by atoms with Crippen LogP contribution in [0.15, 0.2) is 41.3 Å². The van der Waals surface area contributed by atoms with Gasteiger partial charge in [0.1, 0.15) is 5.65 Å².